The van der Waals surface area contributed by atoms with Crippen LogP contribution in [0.4, 0.5) is 5.69 Å². The molecule has 0 atom stereocenters. The Kier molecular flexibility index (Phi) is 6.86. The predicted octanol–water partition coefficient (Wildman–Crippen LogP) is 4.35. The molecule has 0 aliphatic rings. The number of carbonyl (C=O) groups excluding carboxylic acids is 1. The summed E-state index contributed by atoms with van der Waals surface area (Å²) in [5.41, 5.74) is 0.648. The zero-order valence-corrected chi connectivity index (χ0v) is 18.1. The first-order valence-electron chi connectivity index (χ1n) is 8.79. The Bertz CT molecular complexity index is 1150. The van der Waals surface area contributed by atoms with Crippen molar-refractivity contribution >= 4 is 37.5 Å². The minimum absolute atomic E-state index is 0.141. The molecule has 0 unspecified atom stereocenters. The maximum absolute atomic E-state index is 12.5. The highest BCUT2D eigenvalue weighted by Crippen LogP contribution is 2.25. The number of nitrogens with zero attached hydrogens (tertiary/aromatic N) is 1. The first-order valence-corrected chi connectivity index (χ1v) is 11.1. The smallest absolute Gasteiger partial charge is 0.261 e. The van der Waals surface area contributed by atoms with Gasteiger partial charge in [0.25, 0.3) is 15.9 Å². The molecule has 0 aliphatic carbocycles. The Morgan fingerprint density at radius 2 is 1.80 bits per heavy atom. The monoisotopic (exact) mass is 487 g/mol. The number of anilines is 1. The summed E-state index contributed by atoms with van der Waals surface area (Å²) >= 11 is 3.28. The number of hydrogen-bond acceptors (Lipinski definition) is 5. The van der Waals surface area contributed by atoms with E-state index >= 15 is 0 Å². The van der Waals surface area contributed by atoms with E-state index in [4.69, 9.17) is 4.74 Å². The van der Waals surface area contributed by atoms with Crippen molar-refractivity contribution < 1.29 is 17.9 Å². The zero-order valence-electron chi connectivity index (χ0n) is 15.7. The summed E-state index contributed by atoms with van der Waals surface area (Å²) in [5, 5.41) is 2.67. The van der Waals surface area contributed by atoms with E-state index in [-0.39, 0.29) is 22.2 Å². The number of hydrogen-bond donors (Lipinski definition) is 2. The highest BCUT2D eigenvalue weighted by atomic mass is 79.9. The van der Waals surface area contributed by atoms with Gasteiger partial charge >= 0.3 is 0 Å². The van der Waals surface area contributed by atoms with Crippen LogP contribution in [-0.2, 0) is 10.0 Å². The van der Waals surface area contributed by atoms with Crippen LogP contribution in [0.25, 0.3) is 0 Å². The molecule has 0 fully saturated rings. The molecular formula is C21H18BrN3O4S. The normalized spacial score (nSPS) is 10.8. The number of rotatable bonds is 8. The number of benzene rings is 2. The van der Waals surface area contributed by atoms with Gasteiger partial charge in [-0.15, -0.1) is 6.58 Å². The molecule has 1 aromatic heterocycles. The molecule has 0 radical (unpaired) electrons. The minimum Gasteiger partial charge on any atom is -0.438 e. The van der Waals surface area contributed by atoms with Gasteiger partial charge in [0.05, 0.1) is 4.90 Å². The van der Waals surface area contributed by atoms with E-state index in [1.165, 1.54) is 18.3 Å². The van der Waals surface area contributed by atoms with Gasteiger partial charge in [-0.2, -0.15) is 0 Å². The quantitative estimate of drug-likeness (QED) is 0.460. The Morgan fingerprint density at radius 3 is 2.47 bits per heavy atom. The van der Waals surface area contributed by atoms with Crippen LogP contribution in [-0.4, -0.2) is 25.9 Å². The average molecular weight is 488 g/mol. The lowest BCUT2D eigenvalue weighted by atomic mass is 10.2. The molecule has 3 rings (SSSR count). The van der Waals surface area contributed by atoms with Crippen LogP contribution in [0.3, 0.4) is 0 Å². The molecule has 1 heterocycles. The zero-order chi connectivity index (χ0) is 21.6. The summed E-state index contributed by atoms with van der Waals surface area (Å²) in [5.74, 6) is 0.206. The molecule has 154 valence electrons. The highest BCUT2D eigenvalue weighted by molar-refractivity contribution is 9.10. The van der Waals surface area contributed by atoms with Gasteiger partial charge in [-0.3, -0.25) is 9.52 Å². The summed E-state index contributed by atoms with van der Waals surface area (Å²) in [6, 6.07) is 15.8. The van der Waals surface area contributed by atoms with Gasteiger partial charge in [-0.1, -0.05) is 22.0 Å². The second-order valence-corrected chi connectivity index (χ2v) is 8.64. The molecule has 0 aliphatic heterocycles. The molecule has 0 saturated carbocycles. The maximum Gasteiger partial charge on any atom is 0.261 e. The van der Waals surface area contributed by atoms with Gasteiger partial charge < -0.3 is 10.1 Å². The fourth-order valence-corrected chi connectivity index (χ4v) is 3.76. The van der Waals surface area contributed by atoms with Crippen LogP contribution in [0.2, 0.25) is 0 Å². The first kappa shape index (κ1) is 21.5. The SMILES string of the molecule is C=CCNC(=O)c1cccnc1Oc1ccc(NS(=O)(=O)c2ccc(Br)cc2)cc1. The third kappa shape index (κ3) is 5.46. The van der Waals surface area contributed by atoms with Crippen molar-refractivity contribution in [3.05, 3.63) is 89.6 Å². The number of amides is 1. The van der Waals surface area contributed by atoms with Gasteiger partial charge in [-0.05, 0) is 60.7 Å². The minimum atomic E-state index is -3.71. The Labute approximate surface area is 183 Å². The van der Waals surface area contributed by atoms with E-state index in [1.54, 1.807) is 54.6 Å². The van der Waals surface area contributed by atoms with Crippen molar-refractivity contribution in [3.63, 3.8) is 0 Å². The van der Waals surface area contributed by atoms with E-state index in [0.717, 1.165) is 4.47 Å². The molecule has 3 aromatic rings. The fraction of sp³-hybridized carbons (Fsp3) is 0.0476. The molecule has 9 heteroatoms. The van der Waals surface area contributed by atoms with E-state index in [1.807, 2.05) is 0 Å². The molecule has 30 heavy (non-hydrogen) atoms. The molecular weight excluding hydrogens is 470 g/mol. The summed E-state index contributed by atoms with van der Waals surface area (Å²) < 4.78 is 34.0. The van der Waals surface area contributed by atoms with E-state index in [9.17, 15) is 13.2 Å². The van der Waals surface area contributed by atoms with Crippen LogP contribution in [0.15, 0.2) is 88.9 Å². The van der Waals surface area contributed by atoms with Gasteiger partial charge in [0.2, 0.25) is 5.88 Å². The summed E-state index contributed by atoms with van der Waals surface area (Å²) in [4.78, 5) is 16.5. The van der Waals surface area contributed by atoms with Crippen molar-refractivity contribution in [1.82, 2.24) is 10.3 Å². The fourth-order valence-electron chi connectivity index (χ4n) is 2.44. The number of ether oxygens (including phenoxy) is 1. The second kappa shape index (κ2) is 9.55. The van der Waals surface area contributed by atoms with E-state index < -0.39 is 10.0 Å². The third-order valence-corrected chi connectivity index (χ3v) is 5.79. The average Bonchev–Trinajstić information content (AvgIpc) is 2.74. The molecule has 0 saturated heterocycles. The van der Waals surface area contributed by atoms with E-state index in [2.05, 4.69) is 37.5 Å². The summed E-state index contributed by atoms with van der Waals surface area (Å²) in [6.07, 6.45) is 3.09. The van der Waals surface area contributed by atoms with Crippen LogP contribution < -0.4 is 14.8 Å². The maximum atomic E-state index is 12.5. The molecule has 0 spiro atoms. The molecule has 7 nitrogen and oxygen atoms in total. The van der Waals surface area contributed by atoms with E-state index in [0.29, 0.717) is 18.0 Å². The Balaban J connectivity index is 1.73. The number of sulfonamides is 1. The van der Waals surface area contributed by atoms with Gasteiger partial charge in [-0.25, -0.2) is 13.4 Å². The molecule has 2 N–H and O–H groups in total. The number of nitrogens with one attached hydrogen (secondary N) is 2. The van der Waals surface area contributed by atoms with Crippen LogP contribution in [0.1, 0.15) is 10.4 Å². The number of aromatic nitrogens is 1. The van der Waals surface area contributed by atoms with Gasteiger partial charge in [0, 0.05) is 22.9 Å². The summed E-state index contributed by atoms with van der Waals surface area (Å²) in [6.45, 7) is 3.88. The van der Waals surface area contributed by atoms with Crippen LogP contribution in [0, 0.1) is 0 Å². The van der Waals surface area contributed by atoms with Crippen molar-refractivity contribution in [3.8, 4) is 11.6 Å². The lowest BCUT2D eigenvalue weighted by Crippen LogP contribution is -2.23. The van der Waals surface area contributed by atoms with Crippen molar-refractivity contribution in [2.75, 3.05) is 11.3 Å². The third-order valence-electron chi connectivity index (χ3n) is 3.87. The lowest BCUT2D eigenvalue weighted by molar-refractivity contribution is 0.0955. The van der Waals surface area contributed by atoms with Crippen molar-refractivity contribution in [2.24, 2.45) is 0 Å². The molecule has 1 amide bonds. The topological polar surface area (TPSA) is 97.4 Å². The van der Waals surface area contributed by atoms with Crippen molar-refractivity contribution in [1.29, 1.82) is 0 Å². The summed E-state index contributed by atoms with van der Waals surface area (Å²) in [7, 11) is -3.71. The standard InChI is InChI=1S/C21H18BrN3O4S/c1-2-13-23-20(26)19-4-3-14-24-21(19)29-17-9-7-16(8-10-17)25-30(27,28)18-11-5-15(22)6-12-18/h2-12,14,25H,1,13H2,(H,23,26). The lowest BCUT2D eigenvalue weighted by Gasteiger charge is -2.11. The van der Waals surface area contributed by atoms with Gasteiger partial charge in [0.15, 0.2) is 0 Å². The second-order valence-electron chi connectivity index (χ2n) is 6.04. The highest BCUT2D eigenvalue weighted by Gasteiger charge is 2.15. The Hall–Kier alpha value is -3.17. The largest absolute Gasteiger partial charge is 0.438 e. The van der Waals surface area contributed by atoms with Crippen LogP contribution >= 0.6 is 15.9 Å². The number of pyridine rings is 1. The molecule has 0 bridgehead atoms. The van der Waals surface area contributed by atoms with Crippen molar-refractivity contribution in [2.45, 2.75) is 4.90 Å². The van der Waals surface area contributed by atoms with Crippen LogP contribution in [0.5, 0.6) is 11.6 Å². The predicted molar refractivity (Wildman–Crippen MR) is 118 cm³/mol. The number of halogens is 1. The first-order chi connectivity index (χ1) is 14.4. The molecule has 2 aromatic carbocycles. The Morgan fingerprint density at radius 1 is 1.10 bits per heavy atom. The number of carbonyl (C=O) groups is 1. The van der Waals surface area contributed by atoms with Gasteiger partial charge in [0.1, 0.15) is 11.3 Å².